The number of fused-ring (bicyclic) bond motifs is 1. The van der Waals surface area contributed by atoms with Crippen LogP contribution in [0.3, 0.4) is 0 Å². The maximum Gasteiger partial charge on any atom is 0.262 e. The molecule has 6 nitrogen and oxygen atoms in total. The first-order valence-corrected chi connectivity index (χ1v) is 7.47. The van der Waals surface area contributed by atoms with Crippen LogP contribution in [-0.4, -0.2) is 15.3 Å². The first-order valence-electron chi connectivity index (χ1n) is 7.47. The minimum Gasteiger partial charge on any atom is -0.460 e. The molecule has 0 saturated carbocycles. The zero-order chi connectivity index (χ0) is 16.4. The molecule has 0 spiro atoms. The molecule has 0 fully saturated rings. The molecule has 6 heteroatoms. The molecule has 118 valence electrons. The highest BCUT2D eigenvalue weighted by Gasteiger charge is 2.09. The molecular weight excluding hydrogens is 292 g/mol. The van der Waals surface area contributed by atoms with Crippen LogP contribution in [0.25, 0.3) is 10.9 Å². The summed E-state index contributed by atoms with van der Waals surface area (Å²) in [6, 6.07) is 11.0. The summed E-state index contributed by atoms with van der Waals surface area (Å²) in [6.45, 7) is 6.12. The van der Waals surface area contributed by atoms with Gasteiger partial charge in [0.2, 0.25) is 5.95 Å². The van der Waals surface area contributed by atoms with Gasteiger partial charge in [-0.15, -0.1) is 0 Å². The Hall–Kier alpha value is -2.89. The van der Waals surface area contributed by atoms with Crippen molar-refractivity contribution in [3.8, 4) is 0 Å². The van der Waals surface area contributed by atoms with E-state index in [2.05, 4.69) is 15.5 Å². The average molecular weight is 310 g/mol. The Morgan fingerprint density at radius 1 is 1.30 bits per heavy atom. The summed E-state index contributed by atoms with van der Waals surface area (Å²) in [7, 11) is 0. The number of hydrogen-bond acceptors (Lipinski definition) is 5. The summed E-state index contributed by atoms with van der Waals surface area (Å²) in [6.07, 6.45) is 0. The number of hydrazone groups is 1. The molecule has 0 aliphatic heterocycles. The van der Waals surface area contributed by atoms with Crippen LogP contribution in [0.15, 0.2) is 50.7 Å². The lowest BCUT2D eigenvalue weighted by atomic mass is 10.2. The first kappa shape index (κ1) is 15.0. The van der Waals surface area contributed by atoms with E-state index >= 15 is 0 Å². The van der Waals surface area contributed by atoms with E-state index in [-0.39, 0.29) is 5.56 Å². The van der Waals surface area contributed by atoms with Crippen LogP contribution in [0.1, 0.15) is 25.4 Å². The van der Waals surface area contributed by atoms with E-state index in [4.69, 9.17) is 4.42 Å². The van der Waals surface area contributed by atoms with Gasteiger partial charge in [0.25, 0.3) is 5.56 Å². The van der Waals surface area contributed by atoms with Crippen molar-refractivity contribution in [1.29, 1.82) is 0 Å². The van der Waals surface area contributed by atoms with E-state index in [1.54, 1.807) is 10.6 Å². The fourth-order valence-corrected chi connectivity index (χ4v) is 2.36. The molecular formula is C17H18N4O2. The Morgan fingerprint density at radius 3 is 2.78 bits per heavy atom. The van der Waals surface area contributed by atoms with E-state index < -0.39 is 0 Å². The quantitative estimate of drug-likeness (QED) is 0.593. The third-order valence-corrected chi connectivity index (χ3v) is 3.60. The maximum atomic E-state index is 12.5. The van der Waals surface area contributed by atoms with E-state index in [9.17, 15) is 4.79 Å². The number of hydrogen-bond donors (Lipinski definition) is 1. The Morgan fingerprint density at radius 2 is 2.09 bits per heavy atom. The number of anilines is 1. The van der Waals surface area contributed by atoms with Crippen molar-refractivity contribution in [2.75, 3.05) is 5.43 Å². The molecule has 0 amide bonds. The normalized spacial score (nSPS) is 11.9. The summed E-state index contributed by atoms with van der Waals surface area (Å²) < 4.78 is 7.09. The Balaban J connectivity index is 2.01. The lowest BCUT2D eigenvalue weighted by Gasteiger charge is -2.10. The zero-order valence-corrected chi connectivity index (χ0v) is 13.3. The molecule has 1 aromatic carbocycles. The minimum absolute atomic E-state index is 0.0812. The number of para-hydroxylation sites is 1. The van der Waals surface area contributed by atoms with Gasteiger partial charge in [0.05, 0.1) is 10.9 Å². The second-order valence-electron chi connectivity index (χ2n) is 5.22. The highest BCUT2D eigenvalue weighted by atomic mass is 16.3. The van der Waals surface area contributed by atoms with Gasteiger partial charge in [0.1, 0.15) is 17.2 Å². The summed E-state index contributed by atoms with van der Waals surface area (Å²) in [5.74, 6) is 1.92. The van der Waals surface area contributed by atoms with Gasteiger partial charge in [-0.25, -0.2) is 10.4 Å². The molecule has 0 unspecified atom stereocenters. The topological polar surface area (TPSA) is 72.4 Å². The Bertz CT molecular complexity index is 937. The highest BCUT2D eigenvalue weighted by molar-refractivity contribution is 5.96. The lowest BCUT2D eigenvalue weighted by molar-refractivity contribution is 0.525. The lowest BCUT2D eigenvalue weighted by Crippen LogP contribution is -2.23. The van der Waals surface area contributed by atoms with Crippen LogP contribution in [-0.2, 0) is 6.54 Å². The number of nitrogens with one attached hydrogen (secondary N) is 1. The molecule has 0 bridgehead atoms. The van der Waals surface area contributed by atoms with E-state index in [0.29, 0.717) is 34.9 Å². The number of furan rings is 1. The molecule has 2 heterocycles. The van der Waals surface area contributed by atoms with E-state index in [1.807, 2.05) is 51.1 Å². The average Bonchev–Trinajstić information content (AvgIpc) is 2.99. The monoisotopic (exact) mass is 310 g/mol. The molecule has 0 radical (unpaired) electrons. The van der Waals surface area contributed by atoms with Gasteiger partial charge in [-0.1, -0.05) is 12.1 Å². The van der Waals surface area contributed by atoms with Gasteiger partial charge in [-0.2, -0.15) is 5.10 Å². The second-order valence-corrected chi connectivity index (χ2v) is 5.22. The molecule has 3 aromatic rings. The zero-order valence-electron chi connectivity index (χ0n) is 13.3. The molecule has 0 aliphatic carbocycles. The summed E-state index contributed by atoms with van der Waals surface area (Å²) in [5.41, 5.74) is 4.13. The highest BCUT2D eigenvalue weighted by Crippen LogP contribution is 2.12. The third-order valence-electron chi connectivity index (χ3n) is 3.60. The molecule has 23 heavy (non-hydrogen) atoms. The summed E-state index contributed by atoms with van der Waals surface area (Å²) >= 11 is 0. The van der Waals surface area contributed by atoms with E-state index in [0.717, 1.165) is 5.76 Å². The maximum absolute atomic E-state index is 12.5. The van der Waals surface area contributed by atoms with Crippen LogP contribution in [0.2, 0.25) is 0 Å². The fraction of sp³-hybridized carbons (Fsp3) is 0.235. The van der Waals surface area contributed by atoms with Crippen molar-refractivity contribution in [2.24, 2.45) is 5.10 Å². The molecule has 0 saturated heterocycles. The van der Waals surface area contributed by atoms with E-state index in [1.165, 1.54) is 0 Å². The standard InChI is InChI=1S/C17H18N4O2/c1-4-21-16(22)13-7-5-6-8-14(13)18-17(21)20-19-12(3)15-10-9-11(2)23-15/h5-10H,4H2,1-3H3,(H,18,20)/b19-12+. The van der Waals surface area contributed by atoms with Gasteiger partial charge < -0.3 is 4.42 Å². The summed E-state index contributed by atoms with van der Waals surface area (Å²) in [4.78, 5) is 17.0. The number of aromatic nitrogens is 2. The van der Waals surface area contributed by atoms with Crippen LogP contribution in [0, 0.1) is 6.92 Å². The largest absolute Gasteiger partial charge is 0.460 e. The van der Waals surface area contributed by atoms with Gasteiger partial charge in [0, 0.05) is 6.54 Å². The molecule has 0 atom stereocenters. The van der Waals surface area contributed by atoms with Crippen molar-refractivity contribution >= 4 is 22.6 Å². The minimum atomic E-state index is -0.0812. The number of rotatable bonds is 4. The summed E-state index contributed by atoms with van der Waals surface area (Å²) in [5, 5.41) is 4.88. The number of benzene rings is 1. The van der Waals surface area contributed by atoms with Crippen molar-refractivity contribution in [2.45, 2.75) is 27.3 Å². The van der Waals surface area contributed by atoms with Crippen LogP contribution < -0.4 is 11.0 Å². The molecule has 1 N–H and O–H groups in total. The first-order chi connectivity index (χ1) is 11.1. The van der Waals surface area contributed by atoms with Gasteiger partial charge in [0.15, 0.2) is 0 Å². The molecule has 2 aromatic heterocycles. The number of nitrogens with zero attached hydrogens (tertiary/aromatic N) is 3. The van der Waals surface area contributed by atoms with Crippen molar-refractivity contribution in [3.05, 3.63) is 58.3 Å². The SMILES string of the molecule is CCn1c(N/N=C(\C)c2ccc(C)o2)nc2ccccc2c1=O. The molecule has 3 rings (SSSR count). The fourth-order valence-electron chi connectivity index (χ4n) is 2.36. The predicted molar refractivity (Wildman–Crippen MR) is 91.0 cm³/mol. The van der Waals surface area contributed by atoms with Gasteiger partial charge >= 0.3 is 0 Å². The molecule has 0 aliphatic rings. The second kappa shape index (κ2) is 6.08. The van der Waals surface area contributed by atoms with Crippen molar-refractivity contribution in [1.82, 2.24) is 9.55 Å². The Labute approximate surface area is 133 Å². The van der Waals surface area contributed by atoms with Crippen LogP contribution in [0.5, 0.6) is 0 Å². The van der Waals surface area contributed by atoms with Gasteiger partial charge in [-0.05, 0) is 45.0 Å². The van der Waals surface area contributed by atoms with Crippen LogP contribution >= 0.6 is 0 Å². The van der Waals surface area contributed by atoms with Crippen LogP contribution in [0.4, 0.5) is 5.95 Å². The smallest absolute Gasteiger partial charge is 0.262 e. The predicted octanol–water partition coefficient (Wildman–Crippen LogP) is 3.15. The number of aryl methyl sites for hydroxylation is 1. The van der Waals surface area contributed by atoms with Crippen molar-refractivity contribution in [3.63, 3.8) is 0 Å². The Kier molecular flexibility index (Phi) is 3.97. The van der Waals surface area contributed by atoms with Crippen molar-refractivity contribution < 1.29 is 4.42 Å². The van der Waals surface area contributed by atoms with Gasteiger partial charge in [-0.3, -0.25) is 9.36 Å². The third kappa shape index (κ3) is 2.88.